The maximum Gasteiger partial charge on any atom is 0.230 e. The average molecular weight is 774 g/mol. The van der Waals surface area contributed by atoms with E-state index in [2.05, 4.69) is 33.9 Å². The van der Waals surface area contributed by atoms with Gasteiger partial charge in [-0.3, -0.25) is 19.2 Å². The maximum atomic E-state index is 11.5. The number of aldehydes is 1. The Bertz CT molecular complexity index is 705. The van der Waals surface area contributed by atoms with E-state index in [1.165, 1.54) is 11.8 Å². The molecule has 0 aromatic heterocycles. The number of likely N-dealkylation sites (N-methyl/N-ethyl adjacent to an activating group) is 1. The van der Waals surface area contributed by atoms with Crippen LogP contribution in [0.4, 0.5) is 0 Å². The van der Waals surface area contributed by atoms with Crippen molar-refractivity contribution in [1.29, 1.82) is 0 Å². The molecule has 0 fully saturated rings. The van der Waals surface area contributed by atoms with Crippen LogP contribution in [0, 0.1) is 0 Å². The Labute approximate surface area is 315 Å². The van der Waals surface area contributed by atoms with Gasteiger partial charge in [0.1, 0.15) is 6.29 Å². The van der Waals surface area contributed by atoms with Crippen molar-refractivity contribution in [2.24, 2.45) is 0 Å². The fourth-order valence-electron chi connectivity index (χ4n) is 2.63. The average Bonchev–Trinajstić information content (AvgIpc) is 3.01. The maximum absolute atomic E-state index is 11.5. The first-order chi connectivity index (χ1) is 21.4. The van der Waals surface area contributed by atoms with Gasteiger partial charge < -0.3 is 53.1 Å². The summed E-state index contributed by atoms with van der Waals surface area (Å²) in [6.45, 7) is 22.5. The second kappa shape index (κ2) is 46.4. The molecule has 0 aromatic carbocycles. The molecule has 12 nitrogen and oxygen atoms in total. The molecule has 0 aliphatic heterocycles. The molecule has 0 atom stereocenters. The van der Waals surface area contributed by atoms with Crippen molar-refractivity contribution in [3.63, 3.8) is 0 Å². The van der Waals surface area contributed by atoms with Crippen LogP contribution in [0.15, 0.2) is 0 Å². The summed E-state index contributed by atoms with van der Waals surface area (Å²) in [5.74, 6) is 0.364. The van der Waals surface area contributed by atoms with Crippen LogP contribution in [0.5, 0.6) is 0 Å². The van der Waals surface area contributed by atoms with Crippen LogP contribution in [-0.4, -0.2) is 124 Å². The molecule has 0 heterocycles. The van der Waals surface area contributed by atoms with E-state index in [1.54, 1.807) is 0 Å². The van der Waals surface area contributed by atoms with E-state index in [9.17, 15) is 24.0 Å². The molecule has 0 aliphatic carbocycles. The number of carbonyl (C=O) groups excluding carboxylic acids is 5. The minimum absolute atomic E-state index is 0. The number of amides is 4. The van der Waals surface area contributed by atoms with Crippen LogP contribution in [0.3, 0.4) is 0 Å². The van der Waals surface area contributed by atoms with Gasteiger partial charge in [0.25, 0.3) is 0 Å². The van der Waals surface area contributed by atoms with E-state index < -0.39 is 0 Å². The van der Waals surface area contributed by atoms with Gasteiger partial charge in [-0.2, -0.15) is 11.8 Å². The number of rotatable bonds is 21. The van der Waals surface area contributed by atoms with Gasteiger partial charge in [0.2, 0.25) is 17.7 Å². The van der Waals surface area contributed by atoms with Crippen molar-refractivity contribution in [1.82, 2.24) is 26.2 Å². The minimum atomic E-state index is -0.226. The Kier molecular flexibility index (Phi) is 57.9. The van der Waals surface area contributed by atoms with Gasteiger partial charge >= 0.3 is 0 Å². The third-order valence-electron chi connectivity index (χ3n) is 4.46. The number of carbonyl (C=O) groups is 5. The molecule has 0 aromatic rings. The molecule has 15 heteroatoms. The van der Waals surface area contributed by atoms with E-state index in [0.717, 1.165) is 19.4 Å². The first kappa shape index (κ1) is 57.5. The molecule has 1 radical (unpaired) electrons. The first-order valence-electron chi connectivity index (χ1n) is 15.9. The Morgan fingerprint density at radius 2 is 1.22 bits per heavy atom. The fourth-order valence-corrected chi connectivity index (χ4v) is 3.09. The molecular weight excluding hydrogens is 707 g/mol. The van der Waals surface area contributed by atoms with Crippen molar-refractivity contribution in [3.05, 3.63) is 0 Å². The van der Waals surface area contributed by atoms with Crippen molar-refractivity contribution in [3.8, 4) is 0 Å². The molecule has 0 unspecified atom stereocenters. The molecule has 0 aliphatic rings. The summed E-state index contributed by atoms with van der Waals surface area (Å²) in [6.07, 6.45) is 3.39. The monoisotopic (exact) mass is 773 g/mol. The zero-order valence-electron chi connectivity index (χ0n) is 30.7. The molecule has 46 heavy (non-hydrogen) atoms. The third kappa shape index (κ3) is 55.6. The van der Waals surface area contributed by atoms with E-state index in [4.69, 9.17) is 9.47 Å². The summed E-state index contributed by atoms with van der Waals surface area (Å²) in [4.78, 5) is 56.8. The van der Waals surface area contributed by atoms with Gasteiger partial charge in [-0.05, 0) is 34.1 Å². The molecular formula is C31H66N5O7S2Y-. The predicted molar refractivity (Wildman–Crippen MR) is 191 cm³/mol. The third-order valence-corrected chi connectivity index (χ3v) is 5.27. The summed E-state index contributed by atoms with van der Waals surface area (Å²) >= 11 is 6.11. The molecule has 0 spiro atoms. The molecule has 0 saturated carbocycles. The topological polar surface area (TPSA) is 155 Å². The Balaban J connectivity index is -0.000000149. The Morgan fingerprint density at radius 3 is 1.67 bits per heavy atom. The SMILES string of the molecule is CC.CC.CC.CC(C)(C)NC(=O)CCOCCOCCNC(=O)CCC=O.CSCC(=O)NCCN(C)CCNC(=O)C[S-].[Y]. The quantitative estimate of drug-likeness (QED) is 0.0778. The second-order valence-corrected chi connectivity index (χ2v) is 10.6. The zero-order valence-corrected chi connectivity index (χ0v) is 35.1. The zero-order chi connectivity index (χ0) is 35.9. The second-order valence-electron chi connectivity index (χ2n) is 9.41. The van der Waals surface area contributed by atoms with Gasteiger partial charge in [-0.1, -0.05) is 47.3 Å². The van der Waals surface area contributed by atoms with Crippen molar-refractivity contribution < 1.29 is 66.2 Å². The molecule has 4 N–H and O–H groups in total. The fraction of sp³-hybridized carbons (Fsp3) is 0.839. The summed E-state index contributed by atoms with van der Waals surface area (Å²) in [6, 6.07) is 0. The number of thioether (sulfide) groups is 1. The number of hydrogen-bond acceptors (Lipinski definition) is 10. The first-order valence-corrected chi connectivity index (χ1v) is 17.9. The van der Waals surface area contributed by atoms with E-state index >= 15 is 0 Å². The molecule has 0 bridgehead atoms. The van der Waals surface area contributed by atoms with Crippen molar-refractivity contribution >= 4 is 54.3 Å². The Hall–Kier alpha value is -0.766. The summed E-state index contributed by atoms with van der Waals surface area (Å²) in [5, 5.41) is 11.0. The van der Waals surface area contributed by atoms with Gasteiger partial charge in [0.05, 0.1) is 32.2 Å². The van der Waals surface area contributed by atoms with Gasteiger partial charge in [-0.15, -0.1) is 0 Å². The van der Waals surface area contributed by atoms with Crippen LogP contribution in [0.1, 0.15) is 81.6 Å². The summed E-state index contributed by atoms with van der Waals surface area (Å²) in [5.41, 5.74) is -0.226. The van der Waals surface area contributed by atoms with E-state index in [0.29, 0.717) is 58.2 Å². The normalized spacial score (nSPS) is 9.50. The summed E-state index contributed by atoms with van der Waals surface area (Å²) in [7, 11) is 1.95. The van der Waals surface area contributed by atoms with Gasteiger partial charge in [0, 0.05) is 90.2 Å². The largest absolute Gasteiger partial charge is 0.783 e. The molecule has 4 amide bonds. The molecule has 0 rings (SSSR count). The van der Waals surface area contributed by atoms with Gasteiger partial charge in [0.15, 0.2) is 5.91 Å². The standard InChI is InChI=1S/C15H28N2O5.C10H21N3O2S2.3C2H6.Y/c1-15(2,3)17-14(20)6-9-21-11-12-22-10-7-16-13(19)5-4-8-18;1-13(5-3-11-9(14)7-16)6-4-12-10(15)8-17-2;3*1-2;/h8H,4-7,9-12H2,1-3H3,(H,16,19)(H,17,20);16H,3-8H2,1-2H3,(H,11,14)(H,12,15);3*1-2H3;/p-1. The van der Waals surface area contributed by atoms with Crippen LogP contribution in [-0.2, 0) is 78.8 Å². The molecule has 273 valence electrons. The van der Waals surface area contributed by atoms with Crippen LogP contribution in [0.25, 0.3) is 0 Å². The van der Waals surface area contributed by atoms with Crippen molar-refractivity contribution in [2.45, 2.75) is 87.1 Å². The van der Waals surface area contributed by atoms with Crippen LogP contribution in [0.2, 0.25) is 0 Å². The number of ether oxygens (including phenoxy) is 2. The smallest absolute Gasteiger partial charge is 0.230 e. The number of nitrogens with zero attached hydrogens (tertiary/aromatic N) is 1. The predicted octanol–water partition coefficient (Wildman–Crippen LogP) is 2.56. The number of nitrogens with one attached hydrogen (secondary N) is 4. The minimum Gasteiger partial charge on any atom is -0.783 e. The molecule has 0 saturated heterocycles. The van der Waals surface area contributed by atoms with E-state index in [-0.39, 0.29) is 80.5 Å². The van der Waals surface area contributed by atoms with Gasteiger partial charge in [-0.25, -0.2) is 0 Å². The Morgan fingerprint density at radius 1 is 0.739 bits per heavy atom. The van der Waals surface area contributed by atoms with Crippen molar-refractivity contribution in [2.75, 3.05) is 84.0 Å². The van der Waals surface area contributed by atoms with E-state index in [1.807, 2.05) is 80.5 Å². The van der Waals surface area contributed by atoms with Crippen LogP contribution >= 0.6 is 11.8 Å². The number of hydrogen-bond donors (Lipinski definition) is 4. The summed E-state index contributed by atoms with van der Waals surface area (Å²) < 4.78 is 10.6. The van der Waals surface area contributed by atoms with Crippen LogP contribution < -0.4 is 21.3 Å².